The highest BCUT2D eigenvalue weighted by molar-refractivity contribution is 5.97. The molecule has 0 aromatic carbocycles. The summed E-state index contributed by atoms with van der Waals surface area (Å²) < 4.78 is 1.66. The molecule has 0 aliphatic heterocycles. The molecule has 1 heterocycles. The number of rotatable bonds is 2. The third-order valence-corrected chi connectivity index (χ3v) is 1.12. The summed E-state index contributed by atoms with van der Waals surface area (Å²) >= 11 is 0. The van der Waals surface area contributed by atoms with Crippen LogP contribution >= 0.6 is 0 Å². The number of aromatic nitrogens is 3. The number of hydrogen-bond donors (Lipinski definition) is 1. The monoisotopic (exact) mass is 167 g/mol. The molecule has 1 aromatic rings. The Balaban J connectivity index is 2.71. The minimum absolute atomic E-state index is 0.0117. The van der Waals surface area contributed by atoms with Crippen LogP contribution in [0.5, 0.6) is 0 Å². The Morgan fingerprint density at radius 2 is 2.67 bits per heavy atom. The fraction of sp³-hybridized carbons (Fsp3) is 0.200. The molecular formula is C5H5N5O2. The van der Waals surface area contributed by atoms with Gasteiger partial charge in [0.2, 0.25) is 6.33 Å². The van der Waals surface area contributed by atoms with Gasteiger partial charge in [-0.15, -0.1) is 4.68 Å². The molecule has 0 saturated heterocycles. The van der Waals surface area contributed by atoms with Gasteiger partial charge in [-0.3, -0.25) is 4.73 Å². The van der Waals surface area contributed by atoms with E-state index in [1.807, 2.05) is 0 Å². The lowest BCUT2D eigenvalue weighted by molar-refractivity contribution is -0.606. The van der Waals surface area contributed by atoms with Crippen LogP contribution in [-0.2, 0) is 6.54 Å². The van der Waals surface area contributed by atoms with Gasteiger partial charge in [0.1, 0.15) is 6.07 Å². The molecule has 0 aliphatic carbocycles. The number of oxime groups is 1. The van der Waals surface area contributed by atoms with Crippen molar-refractivity contribution in [1.29, 1.82) is 5.26 Å². The summed E-state index contributed by atoms with van der Waals surface area (Å²) in [5, 5.41) is 33.3. The van der Waals surface area contributed by atoms with Crippen molar-refractivity contribution in [1.82, 2.24) is 9.78 Å². The van der Waals surface area contributed by atoms with E-state index in [0.717, 1.165) is 12.7 Å². The summed E-state index contributed by atoms with van der Waals surface area (Å²) in [6.45, 7) is -0.0117. The summed E-state index contributed by atoms with van der Waals surface area (Å²) in [5.41, 5.74) is -0.112. The van der Waals surface area contributed by atoms with Crippen molar-refractivity contribution in [3.63, 3.8) is 0 Å². The summed E-state index contributed by atoms with van der Waals surface area (Å²) in [6.07, 6.45) is 2.16. The van der Waals surface area contributed by atoms with Gasteiger partial charge < -0.3 is 10.4 Å². The van der Waals surface area contributed by atoms with Crippen LogP contribution in [0.2, 0.25) is 0 Å². The molecule has 7 heteroatoms. The maximum atomic E-state index is 10.5. The first kappa shape index (κ1) is 8.00. The van der Waals surface area contributed by atoms with Gasteiger partial charge in [-0.05, 0) is 0 Å². The van der Waals surface area contributed by atoms with E-state index in [0.29, 0.717) is 4.73 Å². The third kappa shape index (κ3) is 1.69. The van der Waals surface area contributed by atoms with E-state index >= 15 is 0 Å². The normalized spacial score (nSPS) is 11.1. The fourth-order valence-electron chi connectivity index (χ4n) is 0.633. The highest BCUT2D eigenvalue weighted by Crippen LogP contribution is 1.82. The predicted molar refractivity (Wildman–Crippen MR) is 36.0 cm³/mol. The highest BCUT2D eigenvalue weighted by atomic mass is 16.5. The second-order valence-electron chi connectivity index (χ2n) is 1.96. The Bertz CT molecular complexity index is 336. The first-order chi connectivity index (χ1) is 5.76. The predicted octanol–water partition coefficient (Wildman–Crippen LogP) is -1.13. The Hall–Kier alpha value is -2.10. The largest absolute Gasteiger partial charge is 0.740 e. The van der Waals surface area contributed by atoms with E-state index in [9.17, 15) is 5.21 Å². The Kier molecular flexibility index (Phi) is 2.23. The summed E-state index contributed by atoms with van der Waals surface area (Å²) in [6, 6.07) is 1.64. The van der Waals surface area contributed by atoms with Crippen molar-refractivity contribution >= 4 is 5.71 Å². The van der Waals surface area contributed by atoms with Crippen LogP contribution in [0.4, 0.5) is 0 Å². The van der Waals surface area contributed by atoms with Gasteiger partial charge in [0.05, 0.1) is 0 Å². The van der Waals surface area contributed by atoms with E-state index in [1.165, 1.54) is 4.68 Å². The molecule has 0 spiro atoms. The van der Waals surface area contributed by atoms with Crippen molar-refractivity contribution < 1.29 is 9.94 Å². The lowest BCUT2D eigenvalue weighted by Crippen LogP contribution is -2.22. The molecule has 62 valence electrons. The zero-order chi connectivity index (χ0) is 8.97. The summed E-state index contributed by atoms with van der Waals surface area (Å²) in [5.74, 6) is 0. The van der Waals surface area contributed by atoms with Crippen LogP contribution in [-0.4, -0.2) is 20.7 Å². The molecule has 12 heavy (non-hydrogen) atoms. The van der Waals surface area contributed by atoms with Gasteiger partial charge in [-0.1, -0.05) is 5.16 Å². The van der Waals surface area contributed by atoms with Gasteiger partial charge >= 0.3 is 0 Å². The van der Waals surface area contributed by atoms with Crippen molar-refractivity contribution in [2.45, 2.75) is 6.54 Å². The van der Waals surface area contributed by atoms with Crippen LogP contribution in [0, 0.1) is 16.5 Å². The third-order valence-electron chi connectivity index (χ3n) is 1.12. The lowest BCUT2D eigenvalue weighted by atomic mass is 10.4. The van der Waals surface area contributed by atoms with Crippen LogP contribution in [0.1, 0.15) is 0 Å². The van der Waals surface area contributed by atoms with E-state index in [4.69, 9.17) is 10.5 Å². The Morgan fingerprint density at radius 1 is 1.92 bits per heavy atom. The van der Waals surface area contributed by atoms with Crippen LogP contribution < -0.4 is 4.73 Å². The molecule has 0 aliphatic rings. The van der Waals surface area contributed by atoms with Gasteiger partial charge in [0.25, 0.3) is 6.33 Å². The first-order valence-electron chi connectivity index (χ1n) is 2.98. The van der Waals surface area contributed by atoms with E-state index in [-0.39, 0.29) is 12.3 Å². The van der Waals surface area contributed by atoms with Crippen LogP contribution in [0.25, 0.3) is 0 Å². The highest BCUT2D eigenvalue weighted by Gasteiger charge is 2.06. The standard InChI is InChI=1S/C5H5N5O2/c6-1-5(8-11)2-9-4-10(12)3-7-9/h3-4,11H,2H2/b8-5+. The van der Waals surface area contributed by atoms with Gasteiger partial charge in [0, 0.05) is 5.10 Å². The molecule has 1 aromatic heterocycles. The van der Waals surface area contributed by atoms with E-state index in [1.54, 1.807) is 6.07 Å². The summed E-state index contributed by atoms with van der Waals surface area (Å²) in [7, 11) is 0. The average Bonchev–Trinajstić information content (AvgIpc) is 2.47. The molecule has 1 rings (SSSR count). The number of hydrogen-bond acceptors (Lipinski definition) is 5. The second kappa shape index (κ2) is 3.34. The zero-order valence-corrected chi connectivity index (χ0v) is 5.95. The zero-order valence-electron chi connectivity index (χ0n) is 5.95. The molecule has 0 amide bonds. The minimum Gasteiger partial charge on any atom is -0.740 e. The fourth-order valence-corrected chi connectivity index (χ4v) is 0.633. The molecule has 0 radical (unpaired) electrons. The first-order valence-corrected chi connectivity index (χ1v) is 2.98. The molecule has 0 fully saturated rings. The van der Waals surface area contributed by atoms with Crippen molar-refractivity contribution in [2.75, 3.05) is 0 Å². The number of nitriles is 1. The molecule has 1 N–H and O–H groups in total. The molecule has 0 bridgehead atoms. The SMILES string of the molecule is N#C/C(Cn1c[n+]([O-])cn1)=N\O. The maximum Gasteiger partial charge on any atom is 0.265 e. The van der Waals surface area contributed by atoms with Crippen molar-refractivity contribution in [3.05, 3.63) is 17.9 Å². The summed E-state index contributed by atoms with van der Waals surface area (Å²) in [4.78, 5) is 0. The van der Waals surface area contributed by atoms with Crippen LogP contribution in [0.15, 0.2) is 17.8 Å². The molecule has 0 unspecified atom stereocenters. The average molecular weight is 167 g/mol. The Labute approximate surface area is 67.3 Å². The van der Waals surface area contributed by atoms with E-state index < -0.39 is 0 Å². The number of nitrogens with zero attached hydrogens (tertiary/aromatic N) is 5. The van der Waals surface area contributed by atoms with Crippen molar-refractivity contribution in [3.8, 4) is 6.07 Å². The minimum atomic E-state index is -0.112. The Morgan fingerprint density at radius 3 is 3.08 bits per heavy atom. The quantitative estimate of drug-likeness (QED) is 0.198. The smallest absolute Gasteiger partial charge is 0.265 e. The molecule has 0 atom stereocenters. The topological polar surface area (TPSA) is 101 Å². The van der Waals surface area contributed by atoms with Gasteiger partial charge in [-0.2, -0.15) is 5.26 Å². The molecule has 0 saturated carbocycles. The van der Waals surface area contributed by atoms with Gasteiger partial charge in [-0.25, -0.2) is 0 Å². The lowest BCUT2D eigenvalue weighted by Gasteiger charge is -1.90. The van der Waals surface area contributed by atoms with Crippen molar-refractivity contribution in [2.24, 2.45) is 5.16 Å². The molecule has 7 nitrogen and oxygen atoms in total. The van der Waals surface area contributed by atoms with Crippen LogP contribution in [0.3, 0.4) is 0 Å². The van der Waals surface area contributed by atoms with E-state index in [2.05, 4.69) is 10.3 Å². The molecular weight excluding hydrogens is 162 g/mol. The second-order valence-corrected chi connectivity index (χ2v) is 1.96. The maximum absolute atomic E-state index is 10.5. The van der Waals surface area contributed by atoms with Gasteiger partial charge in [0.15, 0.2) is 12.3 Å².